The van der Waals surface area contributed by atoms with E-state index in [1.54, 1.807) is 0 Å². The third-order valence-electron chi connectivity index (χ3n) is 5.13. The molecule has 1 aliphatic heterocycles. The molecule has 0 amide bonds. The summed E-state index contributed by atoms with van der Waals surface area (Å²) < 4.78 is 5.69. The third-order valence-corrected chi connectivity index (χ3v) is 5.13. The second kappa shape index (κ2) is 5.16. The van der Waals surface area contributed by atoms with Crippen molar-refractivity contribution in [2.75, 3.05) is 0 Å². The van der Waals surface area contributed by atoms with Gasteiger partial charge in [0.05, 0.1) is 5.69 Å². The Kier molecular flexibility index (Phi) is 3.26. The number of nitrogens with one attached hydrogen (secondary N) is 1. The van der Waals surface area contributed by atoms with Gasteiger partial charge in [0.1, 0.15) is 11.4 Å². The number of rotatable bonds is 1. The number of hydrogen-bond acceptors (Lipinski definition) is 3. The Bertz CT molecular complexity index is 744. The van der Waals surface area contributed by atoms with Crippen molar-refractivity contribution in [3.8, 4) is 5.75 Å². The fourth-order valence-electron chi connectivity index (χ4n) is 3.91. The van der Waals surface area contributed by atoms with Crippen molar-refractivity contribution in [1.82, 2.24) is 9.97 Å². The van der Waals surface area contributed by atoms with Gasteiger partial charge in [0.2, 0.25) is 0 Å². The van der Waals surface area contributed by atoms with Gasteiger partial charge in [-0.15, -0.1) is 0 Å². The monoisotopic (exact) mass is 296 g/mol. The zero-order valence-electron chi connectivity index (χ0n) is 13.1. The van der Waals surface area contributed by atoms with Crippen LogP contribution in [-0.4, -0.2) is 22.1 Å². The van der Waals surface area contributed by atoms with E-state index in [0.717, 1.165) is 34.0 Å². The van der Waals surface area contributed by atoms with Gasteiger partial charge in [-0.05, 0) is 49.2 Å². The predicted molar refractivity (Wildman–Crippen MR) is 88.5 cm³/mol. The normalized spacial score (nSPS) is 24.9. The Morgan fingerprint density at radius 3 is 2.86 bits per heavy atom. The molecule has 0 bridgehead atoms. The van der Waals surface area contributed by atoms with Gasteiger partial charge in [0.25, 0.3) is 0 Å². The highest BCUT2D eigenvalue weighted by Crippen LogP contribution is 2.45. The molecular formula is C17H21BN2O2. The maximum absolute atomic E-state index is 10.1. The van der Waals surface area contributed by atoms with E-state index in [1.807, 2.05) is 19.1 Å². The summed E-state index contributed by atoms with van der Waals surface area (Å²) in [6.07, 6.45) is 6.81. The van der Waals surface area contributed by atoms with Gasteiger partial charge in [-0.2, -0.15) is 0 Å². The number of fused-ring (bicyclic) bond motifs is 3. The summed E-state index contributed by atoms with van der Waals surface area (Å²) >= 11 is 0. The number of hydrogen-bond donors (Lipinski definition) is 2. The van der Waals surface area contributed by atoms with Gasteiger partial charge >= 0.3 is 7.12 Å². The van der Waals surface area contributed by atoms with Crippen LogP contribution in [0.4, 0.5) is 0 Å². The summed E-state index contributed by atoms with van der Waals surface area (Å²) in [4.78, 5) is 7.75. The van der Waals surface area contributed by atoms with E-state index >= 15 is 0 Å². The molecule has 0 saturated heterocycles. The van der Waals surface area contributed by atoms with Crippen LogP contribution in [0.25, 0.3) is 16.6 Å². The van der Waals surface area contributed by atoms with Crippen LogP contribution in [-0.2, 0) is 0 Å². The molecule has 22 heavy (non-hydrogen) atoms. The number of aromatic amines is 1. The van der Waals surface area contributed by atoms with Crippen LogP contribution >= 0.6 is 0 Å². The molecule has 2 aliphatic rings. The number of pyridine rings is 1. The Balaban J connectivity index is 1.86. The van der Waals surface area contributed by atoms with E-state index < -0.39 is 7.12 Å². The van der Waals surface area contributed by atoms with E-state index in [0.29, 0.717) is 5.92 Å². The molecule has 1 aliphatic carbocycles. The average molecular weight is 296 g/mol. The van der Waals surface area contributed by atoms with Crippen LogP contribution in [0.1, 0.15) is 43.9 Å². The van der Waals surface area contributed by atoms with Gasteiger partial charge < -0.3 is 14.7 Å². The van der Waals surface area contributed by atoms with Crippen LogP contribution in [0.2, 0.25) is 0 Å². The van der Waals surface area contributed by atoms with Crippen molar-refractivity contribution in [3.63, 3.8) is 0 Å². The Hall–Kier alpha value is -1.75. The van der Waals surface area contributed by atoms with Crippen LogP contribution in [0, 0.1) is 18.8 Å². The lowest BCUT2D eigenvalue weighted by atomic mass is 9.71. The van der Waals surface area contributed by atoms with Crippen LogP contribution in [0.5, 0.6) is 5.75 Å². The van der Waals surface area contributed by atoms with Crippen molar-refractivity contribution in [2.45, 2.75) is 39.5 Å². The molecule has 0 unspecified atom stereocenters. The first kappa shape index (κ1) is 13.9. The molecule has 1 fully saturated rings. The summed E-state index contributed by atoms with van der Waals surface area (Å²) in [5, 5.41) is 11.2. The van der Waals surface area contributed by atoms with Crippen LogP contribution in [0.3, 0.4) is 0 Å². The van der Waals surface area contributed by atoms with Gasteiger partial charge in [-0.1, -0.05) is 19.8 Å². The second-order valence-electron chi connectivity index (χ2n) is 6.73. The first-order valence-electron chi connectivity index (χ1n) is 8.18. The van der Waals surface area contributed by atoms with E-state index in [9.17, 15) is 5.02 Å². The summed E-state index contributed by atoms with van der Waals surface area (Å²) in [5.74, 6) is 3.96. The van der Waals surface area contributed by atoms with Crippen molar-refractivity contribution < 1.29 is 9.68 Å². The molecular weight excluding hydrogens is 275 g/mol. The smallest absolute Gasteiger partial charge is 0.531 e. The molecule has 4 rings (SSSR count). The topological polar surface area (TPSA) is 58.1 Å². The molecule has 0 radical (unpaired) electrons. The van der Waals surface area contributed by atoms with E-state index in [4.69, 9.17) is 4.65 Å². The Morgan fingerprint density at radius 1 is 1.32 bits per heavy atom. The lowest BCUT2D eigenvalue weighted by Gasteiger charge is -2.32. The molecule has 3 heterocycles. The fourth-order valence-corrected chi connectivity index (χ4v) is 3.91. The predicted octanol–water partition coefficient (Wildman–Crippen LogP) is 3.49. The van der Waals surface area contributed by atoms with E-state index in [2.05, 4.69) is 23.0 Å². The molecule has 1 saturated carbocycles. The first-order chi connectivity index (χ1) is 10.6. The van der Waals surface area contributed by atoms with E-state index in [1.165, 1.54) is 31.3 Å². The number of aromatic nitrogens is 2. The number of nitrogens with zero attached hydrogens (tertiary/aromatic N) is 1. The minimum absolute atomic E-state index is 0.508. The zero-order valence-corrected chi connectivity index (χ0v) is 13.1. The van der Waals surface area contributed by atoms with Crippen molar-refractivity contribution in [3.05, 3.63) is 29.5 Å². The van der Waals surface area contributed by atoms with Crippen molar-refractivity contribution in [2.24, 2.45) is 11.8 Å². The number of allylic oxidation sites excluding steroid dienone is 1. The highest BCUT2D eigenvalue weighted by molar-refractivity contribution is 6.52. The summed E-state index contributed by atoms with van der Waals surface area (Å²) in [7, 11) is -0.862. The summed E-state index contributed by atoms with van der Waals surface area (Å²) in [5.41, 5.74) is 4.11. The lowest BCUT2D eigenvalue weighted by molar-refractivity contribution is 0.335. The number of aryl methyl sites for hydroxylation is 1. The largest absolute Gasteiger partial charge is 0.552 e. The van der Waals surface area contributed by atoms with Gasteiger partial charge in [-0.25, -0.2) is 4.98 Å². The lowest BCUT2D eigenvalue weighted by Crippen LogP contribution is -2.27. The maximum atomic E-state index is 10.1. The van der Waals surface area contributed by atoms with Gasteiger partial charge in [-0.3, -0.25) is 0 Å². The zero-order chi connectivity index (χ0) is 15.3. The Labute approximate surface area is 130 Å². The molecule has 0 aromatic carbocycles. The molecule has 2 N–H and O–H groups in total. The highest BCUT2D eigenvalue weighted by atomic mass is 16.5. The van der Waals surface area contributed by atoms with Gasteiger partial charge in [0, 0.05) is 17.1 Å². The standard InChI is InChI=1S/C17H21BN2O2/c1-10-3-5-12(6-4-10)14-9-18(21)22-16-11(2)20-17-13(15(14)16)7-8-19-17/h7-10,12,21H,3-6H2,1-2H3,(H,19,20). The molecule has 114 valence electrons. The van der Waals surface area contributed by atoms with Gasteiger partial charge in [0.15, 0.2) is 0 Å². The molecule has 5 heteroatoms. The van der Waals surface area contributed by atoms with Crippen LogP contribution in [0.15, 0.2) is 18.2 Å². The minimum atomic E-state index is -0.862. The molecule has 4 nitrogen and oxygen atoms in total. The van der Waals surface area contributed by atoms with Crippen LogP contribution < -0.4 is 4.65 Å². The highest BCUT2D eigenvalue weighted by Gasteiger charge is 2.33. The van der Waals surface area contributed by atoms with E-state index in [-0.39, 0.29) is 0 Å². The average Bonchev–Trinajstić information content (AvgIpc) is 2.95. The maximum Gasteiger partial charge on any atom is 0.552 e. The molecule has 2 aromatic heterocycles. The molecule has 0 spiro atoms. The third kappa shape index (κ3) is 2.15. The molecule has 0 atom stereocenters. The van der Waals surface area contributed by atoms with Crippen molar-refractivity contribution in [1.29, 1.82) is 0 Å². The molecule has 2 aromatic rings. The summed E-state index contributed by atoms with van der Waals surface area (Å²) in [6.45, 7) is 4.27. The second-order valence-corrected chi connectivity index (χ2v) is 6.73. The quantitative estimate of drug-likeness (QED) is 0.792. The van der Waals surface area contributed by atoms with Crippen molar-refractivity contribution >= 4 is 23.7 Å². The first-order valence-corrected chi connectivity index (χ1v) is 8.18. The minimum Gasteiger partial charge on any atom is -0.531 e. The Morgan fingerprint density at radius 2 is 2.09 bits per heavy atom. The number of H-pyrrole nitrogens is 1. The fraction of sp³-hybridized carbons (Fsp3) is 0.471. The summed E-state index contributed by atoms with van der Waals surface area (Å²) in [6, 6.07) is 2.06. The SMILES string of the molecule is Cc1nc2[nH]ccc2c2c1OB(O)C=C2C1CCC(C)CC1.